The lowest BCUT2D eigenvalue weighted by Gasteiger charge is -2.18. The molecule has 242 valence electrons. The van der Waals surface area contributed by atoms with Crippen LogP contribution in [0.3, 0.4) is 0 Å². The number of carbonyl (C=O) groups excluding carboxylic acids is 1. The highest BCUT2D eigenvalue weighted by Gasteiger charge is 2.44. The predicted molar refractivity (Wildman–Crippen MR) is 177 cm³/mol. The van der Waals surface area contributed by atoms with Crippen LogP contribution in [0.25, 0.3) is 21.9 Å². The molecule has 0 spiro atoms. The Labute approximate surface area is 265 Å². The molecule has 1 amide bonds. The highest BCUT2D eigenvalue weighted by molar-refractivity contribution is 7.89. The van der Waals surface area contributed by atoms with Crippen molar-refractivity contribution >= 4 is 49.4 Å². The molecule has 3 N–H and O–H groups in total. The number of anilines is 2. The molecule has 5 rings (SSSR count). The van der Waals surface area contributed by atoms with Crippen LogP contribution in [0.4, 0.5) is 11.5 Å². The molecule has 13 heteroatoms. The molecule has 12 nitrogen and oxygen atoms in total. The molecule has 0 saturated carbocycles. The Bertz CT molecular complexity index is 1740. The van der Waals surface area contributed by atoms with Gasteiger partial charge in [-0.05, 0) is 37.8 Å². The fourth-order valence-electron chi connectivity index (χ4n) is 5.98. The maximum absolute atomic E-state index is 13.1. The predicted octanol–water partition coefficient (Wildman–Crippen LogP) is 4.30. The summed E-state index contributed by atoms with van der Waals surface area (Å²) in [5.41, 5.74) is 2.29. The summed E-state index contributed by atoms with van der Waals surface area (Å²) in [6.07, 6.45) is 5.80. The van der Waals surface area contributed by atoms with Gasteiger partial charge in [-0.15, -0.1) is 0 Å². The van der Waals surface area contributed by atoms with Crippen molar-refractivity contribution < 1.29 is 17.9 Å². The number of nitrogens with one attached hydrogen (secondary N) is 3. The number of fused-ring (bicyclic) bond motifs is 2. The molecule has 1 fully saturated rings. The summed E-state index contributed by atoms with van der Waals surface area (Å²) in [6, 6.07) is 11.1. The summed E-state index contributed by atoms with van der Waals surface area (Å²) in [7, 11) is 0.261. The summed E-state index contributed by atoms with van der Waals surface area (Å²) < 4.78 is 37.2. The van der Waals surface area contributed by atoms with Gasteiger partial charge in [-0.1, -0.05) is 51.0 Å². The standard InChI is InChI=1S/C32H44N8O4S/c1-6-33-31(41)28-21(2)22(3)32(44-28)40-20-37-27-29(35-19-36-30(27)40)34-17-9-7-8-10-18-38-45(42,43)26-16-12-13-23-24(26)14-11-15-25(23)39(4)5/h11-16,19-22,28,32,38H,6-10,17-18H2,1-5H3,(H,33,41)(H,34,35,36)/t21-,22+,28-,32+/m0/s1. The first-order chi connectivity index (χ1) is 21.6. The number of carbonyl (C=O) groups is 1. The number of likely N-dealkylation sites (N-methyl/N-ethyl adjacent to an activating group) is 1. The zero-order valence-electron chi connectivity index (χ0n) is 26.7. The van der Waals surface area contributed by atoms with Crippen LogP contribution in [0.1, 0.15) is 52.7 Å². The van der Waals surface area contributed by atoms with Gasteiger partial charge in [0.25, 0.3) is 0 Å². The molecule has 0 aliphatic carbocycles. The van der Waals surface area contributed by atoms with Gasteiger partial charge >= 0.3 is 0 Å². The molecular formula is C32H44N8O4S. The van der Waals surface area contributed by atoms with Gasteiger partial charge in [0.2, 0.25) is 15.9 Å². The van der Waals surface area contributed by atoms with Crippen molar-refractivity contribution in [3.63, 3.8) is 0 Å². The smallest absolute Gasteiger partial charge is 0.249 e. The summed E-state index contributed by atoms with van der Waals surface area (Å²) in [6.45, 7) is 7.64. The number of nitrogens with zero attached hydrogens (tertiary/aromatic N) is 5. The van der Waals surface area contributed by atoms with E-state index in [1.54, 1.807) is 18.5 Å². The van der Waals surface area contributed by atoms with Gasteiger partial charge in [0.05, 0.1) is 11.2 Å². The van der Waals surface area contributed by atoms with Crippen molar-refractivity contribution in [1.29, 1.82) is 0 Å². The molecule has 1 aliphatic heterocycles. The fraction of sp³-hybridized carbons (Fsp3) is 0.500. The zero-order valence-corrected chi connectivity index (χ0v) is 27.5. The van der Waals surface area contributed by atoms with E-state index in [1.165, 1.54) is 6.33 Å². The van der Waals surface area contributed by atoms with Crippen LogP contribution < -0.4 is 20.3 Å². The first kappa shape index (κ1) is 32.6. The van der Waals surface area contributed by atoms with Gasteiger partial charge in [-0.25, -0.2) is 28.1 Å². The Morgan fingerprint density at radius 3 is 2.44 bits per heavy atom. The Kier molecular flexibility index (Phi) is 10.2. The molecule has 2 aromatic carbocycles. The number of ether oxygens (including phenoxy) is 1. The maximum atomic E-state index is 13.1. The number of imidazole rings is 1. The number of rotatable bonds is 14. The van der Waals surface area contributed by atoms with Crippen LogP contribution >= 0.6 is 0 Å². The van der Waals surface area contributed by atoms with Crippen molar-refractivity contribution in [1.82, 2.24) is 29.6 Å². The zero-order chi connectivity index (χ0) is 32.1. The third kappa shape index (κ3) is 6.90. The topological polar surface area (TPSA) is 143 Å². The second kappa shape index (κ2) is 14.1. The van der Waals surface area contributed by atoms with Crippen molar-refractivity contribution in [3.8, 4) is 0 Å². The minimum Gasteiger partial charge on any atom is -0.377 e. The lowest BCUT2D eigenvalue weighted by Crippen LogP contribution is -2.37. The normalized spacial score (nSPS) is 20.1. The summed E-state index contributed by atoms with van der Waals surface area (Å²) in [4.78, 5) is 28.3. The van der Waals surface area contributed by atoms with Gasteiger partial charge in [0, 0.05) is 56.1 Å². The van der Waals surface area contributed by atoms with Crippen LogP contribution in [-0.4, -0.2) is 73.7 Å². The maximum Gasteiger partial charge on any atom is 0.249 e. The lowest BCUT2D eigenvalue weighted by molar-refractivity contribution is -0.135. The van der Waals surface area contributed by atoms with Crippen molar-refractivity contribution in [2.45, 2.75) is 63.7 Å². The van der Waals surface area contributed by atoms with Crippen molar-refractivity contribution in [2.24, 2.45) is 11.8 Å². The SMILES string of the molecule is CCNC(=O)[C@H]1O[C@@H](n2cnc3c(NCCCCCCNS(=O)(=O)c4cccc5c(N(C)C)cccc45)ncnc32)[C@H](C)[C@@H]1C. The van der Waals surface area contributed by atoms with Crippen LogP contribution in [0.5, 0.6) is 0 Å². The largest absolute Gasteiger partial charge is 0.377 e. The summed E-state index contributed by atoms with van der Waals surface area (Å²) >= 11 is 0. The van der Waals surface area contributed by atoms with Crippen LogP contribution in [-0.2, 0) is 19.6 Å². The van der Waals surface area contributed by atoms with Crippen LogP contribution in [0.2, 0.25) is 0 Å². The molecule has 2 aromatic heterocycles. The van der Waals surface area contributed by atoms with Gasteiger partial charge in [0.1, 0.15) is 18.7 Å². The number of sulfonamides is 1. The van der Waals surface area contributed by atoms with Gasteiger partial charge < -0.3 is 20.3 Å². The second-order valence-electron chi connectivity index (χ2n) is 11.9. The molecule has 1 aliphatic rings. The van der Waals surface area contributed by atoms with E-state index in [9.17, 15) is 13.2 Å². The molecule has 3 heterocycles. The van der Waals surface area contributed by atoms with E-state index >= 15 is 0 Å². The Morgan fingerprint density at radius 2 is 1.69 bits per heavy atom. The summed E-state index contributed by atoms with van der Waals surface area (Å²) in [5, 5.41) is 7.86. The van der Waals surface area contributed by atoms with E-state index in [0.29, 0.717) is 46.9 Å². The number of amides is 1. The molecule has 45 heavy (non-hydrogen) atoms. The molecule has 0 unspecified atom stereocenters. The minimum absolute atomic E-state index is 0.0447. The first-order valence-corrected chi connectivity index (χ1v) is 17.2. The van der Waals surface area contributed by atoms with E-state index in [2.05, 4.69) is 37.2 Å². The number of hydrogen-bond acceptors (Lipinski definition) is 9. The first-order valence-electron chi connectivity index (χ1n) is 15.7. The second-order valence-corrected chi connectivity index (χ2v) is 13.6. The van der Waals surface area contributed by atoms with Crippen molar-refractivity contribution in [3.05, 3.63) is 49.1 Å². The fourth-order valence-corrected chi connectivity index (χ4v) is 7.27. The van der Waals surface area contributed by atoms with E-state index in [4.69, 9.17) is 4.74 Å². The lowest BCUT2D eigenvalue weighted by atomic mass is 9.92. The van der Waals surface area contributed by atoms with E-state index in [0.717, 1.165) is 36.8 Å². The Morgan fingerprint density at radius 1 is 0.956 bits per heavy atom. The number of benzene rings is 2. The van der Waals surface area contributed by atoms with Crippen LogP contribution in [0, 0.1) is 11.8 Å². The average Bonchev–Trinajstić information content (AvgIpc) is 3.58. The molecule has 1 saturated heterocycles. The number of unbranched alkanes of at least 4 members (excludes halogenated alkanes) is 3. The van der Waals surface area contributed by atoms with Crippen molar-refractivity contribution in [2.75, 3.05) is 43.9 Å². The highest BCUT2D eigenvalue weighted by atomic mass is 32.2. The molecule has 4 atom stereocenters. The van der Waals surface area contributed by atoms with Gasteiger partial charge in [-0.3, -0.25) is 9.36 Å². The Hall–Kier alpha value is -3.81. The third-order valence-corrected chi connectivity index (χ3v) is 10.1. The molecule has 4 aromatic rings. The minimum atomic E-state index is -3.64. The van der Waals surface area contributed by atoms with Gasteiger partial charge in [0.15, 0.2) is 17.0 Å². The van der Waals surface area contributed by atoms with Gasteiger partial charge in [-0.2, -0.15) is 0 Å². The summed E-state index contributed by atoms with van der Waals surface area (Å²) in [5.74, 6) is 0.691. The molecule has 0 bridgehead atoms. The quantitative estimate of drug-likeness (QED) is 0.173. The van der Waals surface area contributed by atoms with Crippen LogP contribution in [0.15, 0.2) is 53.9 Å². The highest BCUT2D eigenvalue weighted by Crippen LogP contribution is 2.40. The molecular weight excluding hydrogens is 592 g/mol. The van der Waals surface area contributed by atoms with E-state index in [-0.39, 0.29) is 24.0 Å². The molecule has 0 radical (unpaired) electrons. The third-order valence-electron chi connectivity index (χ3n) is 8.60. The monoisotopic (exact) mass is 636 g/mol. The average molecular weight is 637 g/mol. The van der Waals surface area contributed by atoms with E-state index in [1.807, 2.05) is 61.7 Å². The number of hydrogen-bond donors (Lipinski definition) is 3. The van der Waals surface area contributed by atoms with E-state index < -0.39 is 16.1 Å². The Balaban J connectivity index is 1.10. The number of aromatic nitrogens is 4.